The van der Waals surface area contributed by atoms with Crippen molar-refractivity contribution in [3.8, 4) is 11.5 Å². The van der Waals surface area contributed by atoms with Crippen molar-refractivity contribution in [1.82, 2.24) is 4.98 Å². The predicted octanol–water partition coefficient (Wildman–Crippen LogP) is 6.82. The van der Waals surface area contributed by atoms with Crippen LogP contribution in [0.4, 0.5) is 24.5 Å². The van der Waals surface area contributed by atoms with Crippen LogP contribution in [-0.2, 0) is 20.6 Å². The fourth-order valence-corrected chi connectivity index (χ4v) is 8.68. The molecular weight excluding hydrogens is 680 g/mol. The number of nitrogens with zero attached hydrogens (tertiary/aromatic N) is 1. The molecule has 4 aromatic carbocycles. The highest BCUT2D eigenvalue weighted by Crippen LogP contribution is 2.54. The Labute approximate surface area is 285 Å². The van der Waals surface area contributed by atoms with Gasteiger partial charge in [0.25, 0.3) is 5.91 Å². The number of hydrogen-bond donors (Lipinski definition) is 2. The maximum atomic E-state index is 14.0. The lowest BCUT2D eigenvalue weighted by atomic mass is 9.83. The summed E-state index contributed by atoms with van der Waals surface area (Å²) in [5.74, 6) is -3.07. The molecule has 3 amide bonds. The Hall–Kier alpha value is -5.08. The van der Waals surface area contributed by atoms with Gasteiger partial charge in [-0.3, -0.25) is 19.2 Å². The van der Waals surface area contributed by atoms with Crippen LogP contribution in [0.3, 0.4) is 0 Å². The van der Waals surface area contributed by atoms with Crippen LogP contribution in [-0.4, -0.2) is 41.2 Å². The van der Waals surface area contributed by atoms with Crippen molar-refractivity contribution >= 4 is 63.0 Å². The molecule has 1 aromatic heterocycles. The molecule has 0 radical (unpaired) electrons. The monoisotopic (exact) mass is 705 g/mol. The van der Waals surface area contributed by atoms with E-state index in [0.717, 1.165) is 57.0 Å². The lowest BCUT2D eigenvalue weighted by Crippen LogP contribution is -2.32. The molecule has 5 aromatic rings. The van der Waals surface area contributed by atoms with Crippen LogP contribution < -0.4 is 24.6 Å². The fraction of sp³-hybridized carbons (Fsp3) is 0.200. The second-order valence-corrected chi connectivity index (χ2v) is 13.5. The zero-order valence-corrected chi connectivity index (χ0v) is 27.2. The van der Waals surface area contributed by atoms with Gasteiger partial charge < -0.3 is 19.8 Å². The first-order chi connectivity index (χ1) is 23.5. The van der Waals surface area contributed by atoms with Crippen LogP contribution in [0.15, 0.2) is 94.7 Å². The van der Waals surface area contributed by atoms with E-state index in [1.165, 1.54) is 6.07 Å². The van der Waals surface area contributed by atoms with Gasteiger partial charge in [0.2, 0.25) is 11.8 Å². The number of carbonyl (C=O) groups excluding carboxylic acids is 3. The molecule has 49 heavy (non-hydrogen) atoms. The van der Waals surface area contributed by atoms with Gasteiger partial charge in [0.15, 0.2) is 18.1 Å². The second kappa shape index (κ2) is 12.7. The Morgan fingerprint density at radius 2 is 1.69 bits per heavy atom. The third kappa shape index (κ3) is 6.17. The molecule has 7 rings (SSSR count). The van der Waals surface area contributed by atoms with Crippen molar-refractivity contribution < 1.29 is 37.0 Å². The smallest absolute Gasteiger partial charge is 0.416 e. The maximum absolute atomic E-state index is 14.0. The molecule has 1 saturated heterocycles. The number of carbonyl (C=O) groups is 3. The van der Waals surface area contributed by atoms with Gasteiger partial charge in [-0.15, -0.1) is 0 Å². The Morgan fingerprint density at radius 1 is 0.898 bits per heavy atom. The van der Waals surface area contributed by atoms with Gasteiger partial charge in [-0.1, -0.05) is 65.6 Å². The molecule has 2 N–H and O–H groups in total. The topological polar surface area (TPSA) is 118 Å². The summed E-state index contributed by atoms with van der Waals surface area (Å²) in [7, 11) is 0. The summed E-state index contributed by atoms with van der Waals surface area (Å²) >= 11 is 1.92. The van der Waals surface area contributed by atoms with E-state index in [1.807, 2.05) is 36.4 Å². The van der Waals surface area contributed by atoms with Crippen molar-refractivity contribution in [3.63, 3.8) is 0 Å². The third-order valence-corrected chi connectivity index (χ3v) is 10.7. The molecule has 2 aliphatic heterocycles. The van der Waals surface area contributed by atoms with E-state index in [0.29, 0.717) is 21.2 Å². The average Bonchev–Trinajstić information content (AvgIpc) is 3.57. The Kier molecular flexibility index (Phi) is 8.45. The first-order valence-corrected chi connectivity index (χ1v) is 16.8. The summed E-state index contributed by atoms with van der Waals surface area (Å²) in [6, 6.07) is 22.3. The highest BCUT2D eigenvalue weighted by atomic mass is 32.2. The van der Waals surface area contributed by atoms with Crippen LogP contribution in [0, 0.1) is 5.92 Å². The first kappa shape index (κ1) is 32.5. The van der Waals surface area contributed by atoms with Gasteiger partial charge in [0.1, 0.15) is 5.25 Å². The van der Waals surface area contributed by atoms with Gasteiger partial charge in [-0.05, 0) is 65.7 Å². The number of amides is 3. The van der Waals surface area contributed by atoms with Crippen LogP contribution in [0.1, 0.15) is 28.8 Å². The molecule has 0 bridgehead atoms. The number of alkyl halides is 3. The van der Waals surface area contributed by atoms with Crippen LogP contribution >= 0.6 is 23.1 Å². The van der Waals surface area contributed by atoms with Crippen LogP contribution in [0.5, 0.6) is 11.5 Å². The number of thiazole rings is 1. The summed E-state index contributed by atoms with van der Waals surface area (Å²) in [5.41, 5.74) is -0.0453. The van der Waals surface area contributed by atoms with E-state index in [-0.39, 0.29) is 35.3 Å². The molecule has 3 atom stereocenters. The van der Waals surface area contributed by atoms with Gasteiger partial charge in [0, 0.05) is 16.5 Å². The van der Waals surface area contributed by atoms with Gasteiger partial charge in [-0.25, -0.2) is 4.90 Å². The summed E-state index contributed by atoms with van der Waals surface area (Å²) in [4.78, 5) is 56.7. The number of rotatable bonds is 8. The number of halogens is 3. The van der Waals surface area contributed by atoms with E-state index in [4.69, 9.17) is 9.47 Å². The molecule has 250 valence electrons. The van der Waals surface area contributed by atoms with Gasteiger partial charge >= 0.3 is 11.0 Å². The van der Waals surface area contributed by atoms with Crippen molar-refractivity contribution in [3.05, 3.63) is 111 Å². The number of thioether (sulfide) groups is 1. The first-order valence-electron chi connectivity index (χ1n) is 15.1. The Balaban J connectivity index is 1.17. The van der Waals surface area contributed by atoms with Crippen molar-refractivity contribution in [1.29, 1.82) is 0 Å². The average molecular weight is 706 g/mol. The number of aromatic nitrogens is 1. The lowest BCUT2D eigenvalue weighted by Gasteiger charge is -2.30. The fourth-order valence-electron chi connectivity index (χ4n) is 6.17. The van der Waals surface area contributed by atoms with Crippen molar-refractivity contribution in [2.75, 3.05) is 23.4 Å². The van der Waals surface area contributed by atoms with E-state index in [9.17, 15) is 32.3 Å². The number of benzene rings is 4. The number of fused-ring (bicyclic) bond motifs is 3. The van der Waals surface area contributed by atoms with E-state index in [2.05, 4.69) is 10.3 Å². The Bertz CT molecular complexity index is 2180. The standard InChI is InChI=1S/C35H26F3N3O6S2/c1-2-46-25-15-20(11-13-24(25)47-17-26(42)39-22-12-10-18-6-3-4-7-19(18)14-22)27-28-30(48-31-29(27)49-34(45)40-31)33(44)41(32(28)43)23-9-5-8-21(16-23)35(36,37)38/h3-16,27-28,30H,2,17H2,1H3,(H,39,42)(H,40,45). The zero-order chi connectivity index (χ0) is 34.4. The number of imide groups is 1. The number of nitrogens with one attached hydrogen (secondary N) is 2. The number of H-pyrrole nitrogens is 1. The molecule has 9 nitrogen and oxygen atoms in total. The molecule has 3 unspecified atom stereocenters. The molecule has 0 aliphatic carbocycles. The maximum Gasteiger partial charge on any atom is 0.416 e. The number of aromatic amines is 1. The molecule has 14 heteroatoms. The molecule has 2 aliphatic rings. The number of ether oxygens (including phenoxy) is 2. The minimum absolute atomic E-state index is 0.184. The molecule has 0 spiro atoms. The number of hydrogen-bond acceptors (Lipinski definition) is 8. The van der Waals surface area contributed by atoms with Crippen LogP contribution in [0.2, 0.25) is 0 Å². The molecule has 3 heterocycles. The largest absolute Gasteiger partial charge is 0.490 e. The predicted molar refractivity (Wildman–Crippen MR) is 180 cm³/mol. The number of anilines is 2. The molecule has 1 fully saturated rings. The normalized spacial score (nSPS) is 18.7. The lowest BCUT2D eigenvalue weighted by molar-refractivity contribution is -0.137. The van der Waals surface area contributed by atoms with E-state index >= 15 is 0 Å². The molecular formula is C35H26F3N3O6S2. The van der Waals surface area contributed by atoms with Gasteiger partial charge in [0.05, 0.1) is 28.8 Å². The highest BCUT2D eigenvalue weighted by molar-refractivity contribution is 8.00. The SMILES string of the molecule is CCOc1cc(C2c3sc(=O)[nH]c3SC3C(=O)N(c4cccc(C(F)(F)F)c4)C(=O)C32)ccc1OCC(=O)Nc1ccc2ccccc2c1. The van der Waals surface area contributed by atoms with E-state index in [1.54, 1.807) is 31.2 Å². The minimum atomic E-state index is -4.67. The summed E-state index contributed by atoms with van der Waals surface area (Å²) in [5, 5.41) is 4.23. The van der Waals surface area contributed by atoms with Crippen molar-refractivity contribution in [2.24, 2.45) is 5.92 Å². The molecule has 0 saturated carbocycles. The third-order valence-electron chi connectivity index (χ3n) is 8.27. The quantitative estimate of drug-likeness (QED) is 0.170. The van der Waals surface area contributed by atoms with Gasteiger partial charge in [-0.2, -0.15) is 13.2 Å². The Morgan fingerprint density at radius 3 is 2.47 bits per heavy atom. The van der Waals surface area contributed by atoms with Crippen molar-refractivity contribution in [2.45, 2.75) is 29.3 Å². The summed E-state index contributed by atoms with van der Waals surface area (Å²) < 4.78 is 52.3. The summed E-state index contributed by atoms with van der Waals surface area (Å²) in [6.45, 7) is 1.66. The highest BCUT2D eigenvalue weighted by Gasteiger charge is 2.56. The zero-order valence-electron chi connectivity index (χ0n) is 25.6. The summed E-state index contributed by atoms with van der Waals surface area (Å²) in [6.07, 6.45) is -4.67. The van der Waals surface area contributed by atoms with Crippen LogP contribution in [0.25, 0.3) is 10.8 Å². The second-order valence-electron chi connectivity index (χ2n) is 11.3. The minimum Gasteiger partial charge on any atom is -0.490 e. The van der Waals surface area contributed by atoms with E-state index < -0.39 is 46.5 Å².